The molecule has 1 atom stereocenters. The topological polar surface area (TPSA) is 32.3 Å². The standard InChI is InChI=1S/C14H22BrNO/c1-11(2)16-8-7-14(3,17)10-12-5-4-6-13(15)9-12/h4-6,9,11,16-17H,7-8,10H2,1-3H3. The summed E-state index contributed by atoms with van der Waals surface area (Å²) in [5, 5.41) is 13.6. The Bertz CT molecular complexity index is 350. The van der Waals surface area contributed by atoms with Gasteiger partial charge in [-0.15, -0.1) is 0 Å². The van der Waals surface area contributed by atoms with Crippen LogP contribution in [0.1, 0.15) is 32.8 Å². The van der Waals surface area contributed by atoms with Crippen LogP contribution < -0.4 is 5.32 Å². The maximum absolute atomic E-state index is 10.3. The van der Waals surface area contributed by atoms with E-state index in [-0.39, 0.29) is 0 Å². The zero-order chi connectivity index (χ0) is 12.9. The van der Waals surface area contributed by atoms with E-state index >= 15 is 0 Å². The first-order valence-corrected chi connectivity index (χ1v) is 6.88. The Morgan fingerprint density at radius 3 is 2.71 bits per heavy atom. The van der Waals surface area contributed by atoms with E-state index in [0.29, 0.717) is 12.5 Å². The highest BCUT2D eigenvalue weighted by Gasteiger charge is 2.20. The van der Waals surface area contributed by atoms with Crippen molar-refractivity contribution in [1.29, 1.82) is 0 Å². The lowest BCUT2D eigenvalue weighted by atomic mass is 9.93. The van der Waals surface area contributed by atoms with E-state index in [9.17, 15) is 5.11 Å². The van der Waals surface area contributed by atoms with Crippen molar-refractivity contribution in [2.45, 2.75) is 45.3 Å². The van der Waals surface area contributed by atoms with E-state index in [2.05, 4.69) is 47.2 Å². The van der Waals surface area contributed by atoms with Crippen molar-refractivity contribution in [3.05, 3.63) is 34.3 Å². The molecule has 0 saturated heterocycles. The number of nitrogens with one attached hydrogen (secondary N) is 1. The zero-order valence-electron chi connectivity index (χ0n) is 10.8. The van der Waals surface area contributed by atoms with Crippen LogP contribution in [0.2, 0.25) is 0 Å². The number of aliphatic hydroxyl groups is 1. The Morgan fingerprint density at radius 1 is 1.41 bits per heavy atom. The first-order chi connectivity index (χ1) is 7.89. The van der Waals surface area contributed by atoms with Gasteiger partial charge >= 0.3 is 0 Å². The molecule has 0 bridgehead atoms. The van der Waals surface area contributed by atoms with Gasteiger partial charge in [0.15, 0.2) is 0 Å². The molecule has 0 spiro atoms. The van der Waals surface area contributed by atoms with Crippen LogP contribution in [0.15, 0.2) is 28.7 Å². The molecule has 0 aliphatic rings. The molecule has 1 rings (SSSR count). The molecule has 0 fully saturated rings. The van der Waals surface area contributed by atoms with Crippen LogP contribution in [0.3, 0.4) is 0 Å². The number of benzene rings is 1. The lowest BCUT2D eigenvalue weighted by Crippen LogP contribution is -2.34. The summed E-state index contributed by atoms with van der Waals surface area (Å²) < 4.78 is 1.06. The van der Waals surface area contributed by atoms with Crippen LogP contribution in [0.5, 0.6) is 0 Å². The first-order valence-electron chi connectivity index (χ1n) is 6.09. The smallest absolute Gasteiger partial charge is 0.0672 e. The van der Waals surface area contributed by atoms with Gasteiger partial charge in [0.25, 0.3) is 0 Å². The van der Waals surface area contributed by atoms with Gasteiger partial charge in [-0.05, 0) is 37.6 Å². The Balaban J connectivity index is 2.48. The molecule has 0 amide bonds. The molecule has 0 radical (unpaired) electrons. The number of hydrogen-bond acceptors (Lipinski definition) is 2. The highest BCUT2D eigenvalue weighted by Crippen LogP contribution is 2.19. The van der Waals surface area contributed by atoms with E-state index in [0.717, 1.165) is 23.0 Å². The molecule has 96 valence electrons. The average Bonchev–Trinajstić information content (AvgIpc) is 2.15. The van der Waals surface area contributed by atoms with Gasteiger partial charge in [0.05, 0.1) is 5.60 Å². The summed E-state index contributed by atoms with van der Waals surface area (Å²) in [7, 11) is 0. The fourth-order valence-corrected chi connectivity index (χ4v) is 2.25. The van der Waals surface area contributed by atoms with E-state index < -0.39 is 5.60 Å². The Labute approximate surface area is 113 Å². The predicted molar refractivity (Wildman–Crippen MR) is 76.2 cm³/mol. The molecule has 1 aromatic rings. The van der Waals surface area contributed by atoms with Gasteiger partial charge in [-0.3, -0.25) is 0 Å². The predicted octanol–water partition coefficient (Wildman–Crippen LogP) is 3.13. The fourth-order valence-electron chi connectivity index (χ4n) is 1.81. The van der Waals surface area contributed by atoms with Crippen molar-refractivity contribution in [2.75, 3.05) is 6.54 Å². The molecule has 0 aliphatic carbocycles. The van der Waals surface area contributed by atoms with Gasteiger partial charge in [-0.2, -0.15) is 0 Å². The SMILES string of the molecule is CC(C)NCCC(C)(O)Cc1cccc(Br)c1. The van der Waals surface area contributed by atoms with E-state index in [1.54, 1.807) is 0 Å². The Hall–Kier alpha value is -0.380. The van der Waals surface area contributed by atoms with Crippen LogP contribution in [0.4, 0.5) is 0 Å². The van der Waals surface area contributed by atoms with Crippen LogP contribution >= 0.6 is 15.9 Å². The van der Waals surface area contributed by atoms with Gasteiger partial charge in [0.2, 0.25) is 0 Å². The van der Waals surface area contributed by atoms with Crippen LogP contribution in [0.25, 0.3) is 0 Å². The summed E-state index contributed by atoms with van der Waals surface area (Å²) in [6.07, 6.45) is 1.45. The van der Waals surface area contributed by atoms with E-state index in [4.69, 9.17) is 0 Å². The van der Waals surface area contributed by atoms with Crippen LogP contribution in [-0.2, 0) is 6.42 Å². The molecule has 1 unspecified atom stereocenters. The minimum Gasteiger partial charge on any atom is -0.390 e. The molecule has 2 N–H and O–H groups in total. The molecular formula is C14H22BrNO. The summed E-state index contributed by atoms with van der Waals surface area (Å²) in [6.45, 7) is 6.97. The third-order valence-electron chi connectivity index (χ3n) is 2.69. The lowest BCUT2D eigenvalue weighted by molar-refractivity contribution is 0.0511. The second kappa shape index (κ2) is 6.53. The van der Waals surface area contributed by atoms with Gasteiger partial charge < -0.3 is 10.4 Å². The Morgan fingerprint density at radius 2 is 2.12 bits per heavy atom. The molecule has 17 heavy (non-hydrogen) atoms. The molecule has 0 aromatic heterocycles. The monoisotopic (exact) mass is 299 g/mol. The van der Waals surface area contributed by atoms with Gasteiger partial charge in [0, 0.05) is 16.9 Å². The normalized spacial score (nSPS) is 14.9. The highest BCUT2D eigenvalue weighted by molar-refractivity contribution is 9.10. The minimum atomic E-state index is -0.650. The first kappa shape index (κ1) is 14.7. The van der Waals surface area contributed by atoms with Gasteiger partial charge in [-0.1, -0.05) is 41.9 Å². The third-order valence-corrected chi connectivity index (χ3v) is 3.18. The molecule has 2 nitrogen and oxygen atoms in total. The number of rotatable bonds is 6. The molecule has 1 aromatic carbocycles. The molecule has 0 heterocycles. The summed E-state index contributed by atoms with van der Waals surface area (Å²) in [6, 6.07) is 8.58. The zero-order valence-corrected chi connectivity index (χ0v) is 12.4. The maximum atomic E-state index is 10.3. The van der Waals surface area contributed by atoms with Crippen molar-refractivity contribution >= 4 is 15.9 Å². The molecule has 0 saturated carbocycles. The average molecular weight is 300 g/mol. The van der Waals surface area contributed by atoms with Crippen molar-refractivity contribution in [3.8, 4) is 0 Å². The summed E-state index contributed by atoms with van der Waals surface area (Å²) >= 11 is 3.45. The van der Waals surface area contributed by atoms with Crippen molar-refractivity contribution < 1.29 is 5.11 Å². The summed E-state index contributed by atoms with van der Waals surface area (Å²) in [5.41, 5.74) is 0.511. The van der Waals surface area contributed by atoms with Crippen molar-refractivity contribution in [3.63, 3.8) is 0 Å². The fraction of sp³-hybridized carbons (Fsp3) is 0.571. The van der Waals surface area contributed by atoms with Crippen LogP contribution in [0, 0.1) is 0 Å². The number of hydrogen-bond donors (Lipinski definition) is 2. The number of halogens is 1. The van der Waals surface area contributed by atoms with E-state index in [1.165, 1.54) is 0 Å². The van der Waals surface area contributed by atoms with Gasteiger partial charge in [0.1, 0.15) is 0 Å². The molecule has 3 heteroatoms. The quantitative estimate of drug-likeness (QED) is 0.846. The molecule has 0 aliphatic heterocycles. The second-order valence-electron chi connectivity index (χ2n) is 5.16. The van der Waals surface area contributed by atoms with E-state index in [1.807, 2.05) is 19.1 Å². The highest BCUT2D eigenvalue weighted by atomic mass is 79.9. The lowest BCUT2D eigenvalue weighted by Gasteiger charge is -2.24. The van der Waals surface area contributed by atoms with Crippen LogP contribution in [-0.4, -0.2) is 23.3 Å². The second-order valence-corrected chi connectivity index (χ2v) is 6.08. The summed E-state index contributed by atoms with van der Waals surface area (Å²) in [4.78, 5) is 0. The molecular weight excluding hydrogens is 278 g/mol. The third kappa shape index (κ3) is 6.20. The largest absolute Gasteiger partial charge is 0.390 e. The van der Waals surface area contributed by atoms with Crippen molar-refractivity contribution in [2.24, 2.45) is 0 Å². The van der Waals surface area contributed by atoms with Gasteiger partial charge in [-0.25, -0.2) is 0 Å². The Kier molecular flexibility index (Phi) is 5.63. The minimum absolute atomic E-state index is 0.469. The summed E-state index contributed by atoms with van der Waals surface area (Å²) in [5.74, 6) is 0. The maximum Gasteiger partial charge on any atom is 0.0672 e. The van der Waals surface area contributed by atoms with Crippen molar-refractivity contribution in [1.82, 2.24) is 5.32 Å².